The van der Waals surface area contributed by atoms with Gasteiger partial charge < -0.3 is 9.30 Å². The molecule has 29 heavy (non-hydrogen) atoms. The normalized spacial score (nSPS) is 11.9. The summed E-state index contributed by atoms with van der Waals surface area (Å²) in [7, 11) is 1.34. The number of rotatable bonds is 4. The van der Waals surface area contributed by atoms with E-state index in [-0.39, 0.29) is 18.9 Å². The average molecular weight is 469 g/mol. The quantitative estimate of drug-likeness (QED) is 0.415. The number of carbonyl (C=O) groups excluding carboxylic acids is 2. The Kier molecular flexibility index (Phi) is 5.60. The average Bonchev–Trinajstić information content (AvgIpc) is 3.03. The SMILES string of the molecule is COC(=O)Cn1c(=NC(=O)Cc2cccc3ccccc23)sc2cc(Br)ccc21. The lowest BCUT2D eigenvalue weighted by Gasteiger charge is -2.05. The Morgan fingerprint density at radius 2 is 1.90 bits per heavy atom. The maximum Gasteiger partial charge on any atom is 0.325 e. The highest BCUT2D eigenvalue weighted by Gasteiger charge is 2.13. The lowest BCUT2D eigenvalue weighted by atomic mass is 10.0. The van der Waals surface area contributed by atoms with Gasteiger partial charge in [0.2, 0.25) is 0 Å². The van der Waals surface area contributed by atoms with Gasteiger partial charge in [-0.2, -0.15) is 4.99 Å². The number of nitrogens with zero attached hydrogens (tertiary/aromatic N) is 2. The number of esters is 1. The topological polar surface area (TPSA) is 60.7 Å². The Labute approximate surface area is 179 Å². The summed E-state index contributed by atoms with van der Waals surface area (Å²) in [5.41, 5.74) is 1.76. The van der Waals surface area contributed by atoms with Crippen molar-refractivity contribution in [3.05, 3.63) is 75.5 Å². The van der Waals surface area contributed by atoms with Crippen LogP contribution >= 0.6 is 27.3 Å². The van der Waals surface area contributed by atoms with Crippen LogP contribution in [0.5, 0.6) is 0 Å². The molecule has 146 valence electrons. The number of thiazole rings is 1. The van der Waals surface area contributed by atoms with E-state index < -0.39 is 5.97 Å². The minimum Gasteiger partial charge on any atom is -0.468 e. The van der Waals surface area contributed by atoms with E-state index in [1.54, 1.807) is 4.57 Å². The van der Waals surface area contributed by atoms with Gasteiger partial charge in [-0.15, -0.1) is 0 Å². The van der Waals surface area contributed by atoms with E-state index in [0.29, 0.717) is 4.80 Å². The number of hydrogen-bond acceptors (Lipinski definition) is 4. The first kappa shape index (κ1) is 19.5. The van der Waals surface area contributed by atoms with E-state index in [1.165, 1.54) is 18.4 Å². The van der Waals surface area contributed by atoms with E-state index >= 15 is 0 Å². The largest absolute Gasteiger partial charge is 0.468 e. The maximum atomic E-state index is 12.8. The highest BCUT2D eigenvalue weighted by atomic mass is 79.9. The molecule has 0 fully saturated rings. The van der Waals surface area contributed by atoms with Crippen molar-refractivity contribution in [3.63, 3.8) is 0 Å². The number of benzene rings is 3. The van der Waals surface area contributed by atoms with Gasteiger partial charge in [0, 0.05) is 4.47 Å². The lowest BCUT2D eigenvalue weighted by molar-refractivity contribution is -0.141. The zero-order valence-electron chi connectivity index (χ0n) is 15.6. The van der Waals surface area contributed by atoms with E-state index in [4.69, 9.17) is 4.74 Å². The van der Waals surface area contributed by atoms with Crippen molar-refractivity contribution < 1.29 is 14.3 Å². The predicted molar refractivity (Wildman–Crippen MR) is 118 cm³/mol. The van der Waals surface area contributed by atoms with Crippen molar-refractivity contribution in [2.45, 2.75) is 13.0 Å². The van der Waals surface area contributed by atoms with Crippen LogP contribution in [-0.4, -0.2) is 23.6 Å². The van der Waals surface area contributed by atoms with Crippen LogP contribution in [0.15, 0.2) is 70.1 Å². The van der Waals surface area contributed by atoms with Gasteiger partial charge in [0.1, 0.15) is 6.54 Å². The number of ether oxygens (including phenoxy) is 1. The monoisotopic (exact) mass is 468 g/mol. The first-order valence-electron chi connectivity index (χ1n) is 8.95. The van der Waals surface area contributed by atoms with Crippen molar-refractivity contribution in [1.29, 1.82) is 0 Å². The summed E-state index contributed by atoms with van der Waals surface area (Å²) in [6, 6.07) is 19.6. The van der Waals surface area contributed by atoms with Gasteiger partial charge in [-0.05, 0) is 34.5 Å². The molecule has 0 spiro atoms. The molecule has 3 aromatic carbocycles. The molecular weight excluding hydrogens is 452 g/mol. The molecule has 0 aliphatic rings. The van der Waals surface area contributed by atoms with E-state index in [0.717, 1.165) is 31.0 Å². The van der Waals surface area contributed by atoms with Gasteiger partial charge >= 0.3 is 5.97 Å². The van der Waals surface area contributed by atoms with E-state index in [2.05, 4.69) is 20.9 Å². The predicted octanol–water partition coefficient (Wildman–Crippen LogP) is 4.46. The molecule has 0 atom stereocenters. The van der Waals surface area contributed by atoms with Gasteiger partial charge in [0.05, 0.1) is 23.7 Å². The molecule has 0 bridgehead atoms. The zero-order chi connectivity index (χ0) is 20.4. The third-order valence-electron chi connectivity index (χ3n) is 4.60. The summed E-state index contributed by atoms with van der Waals surface area (Å²) >= 11 is 4.83. The number of fused-ring (bicyclic) bond motifs is 2. The Bertz CT molecular complexity index is 1300. The molecular formula is C22H17BrN2O3S. The Morgan fingerprint density at radius 3 is 2.72 bits per heavy atom. The first-order valence-corrected chi connectivity index (χ1v) is 10.6. The van der Waals surface area contributed by atoms with Crippen LogP contribution < -0.4 is 4.80 Å². The molecule has 0 saturated heterocycles. The fourth-order valence-corrected chi connectivity index (χ4v) is 4.83. The molecule has 0 aliphatic heterocycles. The van der Waals surface area contributed by atoms with Crippen LogP contribution in [0.25, 0.3) is 21.0 Å². The fourth-order valence-electron chi connectivity index (χ4n) is 3.23. The molecule has 4 aromatic rings. The molecule has 0 saturated carbocycles. The van der Waals surface area contributed by atoms with Gasteiger partial charge in [-0.1, -0.05) is 69.7 Å². The number of methoxy groups -OCH3 is 1. The second-order valence-corrected chi connectivity index (χ2v) is 8.40. The number of hydrogen-bond donors (Lipinski definition) is 0. The minimum absolute atomic E-state index is 0.00147. The number of aromatic nitrogens is 1. The molecule has 0 radical (unpaired) electrons. The Morgan fingerprint density at radius 1 is 1.10 bits per heavy atom. The van der Waals surface area contributed by atoms with Crippen LogP contribution in [-0.2, 0) is 27.3 Å². The Balaban J connectivity index is 1.75. The minimum atomic E-state index is -0.393. The van der Waals surface area contributed by atoms with Gasteiger partial charge in [-0.25, -0.2) is 0 Å². The third-order valence-corrected chi connectivity index (χ3v) is 6.14. The first-order chi connectivity index (χ1) is 14.0. The smallest absolute Gasteiger partial charge is 0.325 e. The lowest BCUT2D eigenvalue weighted by Crippen LogP contribution is -2.22. The summed E-state index contributed by atoms with van der Waals surface area (Å²) in [6.07, 6.45) is 0.192. The highest BCUT2D eigenvalue weighted by Crippen LogP contribution is 2.23. The van der Waals surface area contributed by atoms with Crippen LogP contribution in [0.2, 0.25) is 0 Å². The zero-order valence-corrected chi connectivity index (χ0v) is 18.0. The van der Waals surface area contributed by atoms with Crippen LogP contribution in [0.4, 0.5) is 0 Å². The molecule has 7 heteroatoms. The summed E-state index contributed by atoms with van der Waals surface area (Å²) in [6.45, 7) is -0.00147. The van der Waals surface area contributed by atoms with Gasteiger partial charge in [-0.3, -0.25) is 9.59 Å². The van der Waals surface area contributed by atoms with Crippen molar-refractivity contribution in [2.24, 2.45) is 4.99 Å². The third kappa shape index (κ3) is 4.16. The van der Waals surface area contributed by atoms with Crippen molar-refractivity contribution in [2.75, 3.05) is 7.11 Å². The molecule has 5 nitrogen and oxygen atoms in total. The Hall–Kier alpha value is -2.77. The van der Waals surface area contributed by atoms with Crippen molar-refractivity contribution in [3.8, 4) is 0 Å². The fraction of sp³-hybridized carbons (Fsp3) is 0.136. The molecule has 0 unspecified atom stereocenters. The van der Waals surface area contributed by atoms with Gasteiger partial charge in [0.25, 0.3) is 5.91 Å². The highest BCUT2D eigenvalue weighted by molar-refractivity contribution is 9.10. The number of amides is 1. The summed E-state index contributed by atoms with van der Waals surface area (Å²) < 4.78 is 8.38. The molecule has 1 aromatic heterocycles. The van der Waals surface area contributed by atoms with Gasteiger partial charge in [0.15, 0.2) is 4.80 Å². The van der Waals surface area contributed by atoms with Crippen molar-refractivity contribution >= 4 is 60.1 Å². The standard InChI is InChI=1S/C22H17BrN2O3S/c1-28-21(27)13-25-18-10-9-16(23)12-19(18)29-22(25)24-20(26)11-15-7-4-6-14-5-2-3-8-17(14)15/h2-10,12H,11,13H2,1H3. The second kappa shape index (κ2) is 8.31. The molecule has 4 rings (SSSR count). The molecule has 1 amide bonds. The molecule has 0 aliphatic carbocycles. The molecule has 1 heterocycles. The number of carbonyl (C=O) groups is 2. The summed E-state index contributed by atoms with van der Waals surface area (Å²) in [4.78, 5) is 29.5. The maximum absolute atomic E-state index is 12.8. The van der Waals surface area contributed by atoms with Crippen LogP contribution in [0.1, 0.15) is 5.56 Å². The van der Waals surface area contributed by atoms with Crippen molar-refractivity contribution in [1.82, 2.24) is 4.57 Å². The van der Waals surface area contributed by atoms with Crippen LogP contribution in [0.3, 0.4) is 0 Å². The molecule has 0 N–H and O–H groups in total. The second-order valence-electron chi connectivity index (χ2n) is 6.48. The van der Waals surface area contributed by atoms with Crippen LogP contribution in [0, 0.1) is 0 Å². The summed E-state index contributed by atoms with van der Waals surface area (Å²) in [5.74, 6) is -0.652. The summed E-state index contributed by atoms with van der Waals surface area (Å²) in [5, 5.41) is 2.13. The van der Waals surface area contributed by atoms with E-state index in [1.807, 2.05) is 60.7 Å². The van der Waals surface area contributed by atoms with E-state index in [9.17, 15) is 9.59 Å². The number of halogens is 1.